The highest BCUT2D eigenvalue weighted by atomic mass is 35.5. The van der Waals surface area contributed by atoms with Crippen LogP contribution in [0.4, 0.5) is 10.8 Å². The van der Waals surface area contributed by atoms with Gasteiger partial charge in [0.15, 0.2) is 5.13 Å². The van der Waals surface area contributed by atoms with E-state index in [0.717, 1.165) is 13.1 Å². The summed E-state index contributed by atoms with van der Waals surface area (Å²) in [5.74, 6) is 0.699. The van der Waals surface area contributed by atoms with E-state index in [9.17, 15) is 0 Å². The molecule has 2 N–H and O–H groups in total. The number of para-hydroxylation sites is 1. The van der Waals surface area contributed by atoms with Crippen LogP contribution in [0.5, 0.6) is 0 Å². The first-order chi connectivity index (χ1) is 8.72. The molecule has 0 fully saturated rings. The fourth-order valence-electron chi connectivity index (χ4n) is 2.64. The summed E-state index contributed by atoms with van der Waals surface area (Å²) in [7, 11) is 0. The quantitative estimate of drug-likeness (QED) is 0.924. The predicted molar refractivity (Wildman–Crippen MR) is 84.1 cm³/mol. The van der Waals surface area contributed by atoms with Crippen LogP contribution in [0.15, 0.2) is 30.5 Å². The van der Waals surface area contributed by atoms with Crippen molar-refractivity contribution in [3.05, 3.63) is 40.9 Å². The van der Waals surface area contributed by atoms with Gasteiger partial charge in [0, 0.05) is 23.3 Å². The maximum Gasteiger partial charge on any atom is 0.180 e. The largest absolute Gasteiger partial charge is 0.375 e. The lowest BCUT2D eigenvalue weighted by atomic mass is 9.94. The molecule has 1 unspecified atom stereocenters. The van der Waals surface area contributed by atoms with E-state index in [0.29, 0.717) is 11.0 Å². The third-order valence-corrected chi connectivity index (χ3v) is 4.16. The van der Waals surface area contributed by atoms with Crippen molar-refractivity contribution in [2.45, 2.75) is 19.9 Å². The van der Waals surface area contributed by atoms with Crippen LogP contribution in [0.25, 0.3) is 0 Å². The van der Waals surface area contributed by atoms with Gasteiger partial charge in [-0.25, -0.2) is 4.98 Å². The highest BCUT2D eigenvalue weighted by molar-refractivity contribution is 7.15. The molecule has 1 atom stereocenters. The molecule has 2 heterocycles. The zero-order chi connectivity index (χ0) is 12.5. The number of nitrogen functional groups attached to an aromatic ring is 1. The maximum absolute atomic E-state index is 5.69. The van der Waals surface area contributed by atoms with Crippen molar-refractivity contribution in [2.75, 3.05) is 17.2 Å². The summed E-state index contributed by atoms with van der Waals surface area (Å²) in [5, 5.41) is 0.656. The SMILES string of the molecule is CC1Cc2ccccc2N(Cc2cnc(N)s2)C1.Cl. The monoisotopic (exact) mass is 295 g/mol. The van der Waals surface area contributed by atoms with E-state index in [1.165, 1.54) is 22.5 Å². The number of aromatic nitrogens is 1. The molecular formula is C14H18ClN3S. The van der Waals surface area contributed by atoms with Crippen LogP contribution in [-0.4, -0.2) is 11.5 Å². The van der Waals surface area contributed by atoms with Crippen LogP contribution in [0.1, 0.15) is 17.4 Å². The molecule has 0 saturated carbocycles. The number of benzene rings is 1. The van der Waals surface area contributed by atoms with Crippen LogP contribution >= 0.6 is 23.7 Å². The van der Waals surface area contributed by atoms with Crippen LogP contribution in [0.2, 0.25) is 0 Å². The van der Waals surface area contributed by atoms with E-state index in [4.69, 9.17) is 5.73 Å². The lowest BCUT2D eigenvalue weighted by molar-refractivity contribution is 0.531. The van der Waals surface area contributed by atoms with Gasteiger partial charge >= 0.3 is 0 Å². The third-order valence-electron chi connectivity index (χ3n) is 3.35. The topological polar surface area (TPSA) is 42.2 Å². The van der Waals surface area contributed by atoms with Crippen LogP contribution in [0, 0.1) is 5.92 Å². The molecule has 0 spiro atoms. The normalized spacial score (nSPS) is 17.7. The van der Waals surface area contributed by atoms with Crippen molar-refractivity contribution in [1.82, 2.24) is 4.98 Å². The Hall–Kier alpha value is -1.26. The number of halogens is 1. The molecule has 3 rings (SSSR count). The smallest absolute Gasteiger partial charge is 0.180 e. The number of fused-ring (bicyclic) bond motifs is 1. The molecule has 0 saturated heterocycles. The second kappa shape index (κ2) is 5.80. The van der Waals surface area contributed by atoms with Crippen molar-refractivity contribution >= 4 is 34.6 Å². The first kappa shape index (κ1) is 14.2. The van der Waals surface area contributed by atoms with Gasteiger partial charge in [0.1, 0.15) is 0 Å². The molecule has 5 heteroatoms. The van der Waals surface area contributed by atoms with Gasteiger partial charge in [0.05, 0.1) is 6.54 Å². The molecule has 0 aliphatic carbocycles. The number of anilines is 2. The summed E-state index contributed by atoms with van der Waals surface area (Å²) in [5.41, 5.74) is 8.51. The van der Waals surface area contributed by atoms with Crippen molar-refractivity contribution in [2.24, 2.45) is 5.92 Å². The van der Waals surface area contributed by atoms with Gasteiger partial charge in [-0.15, -0.1) is 23.7 Å². The number of nitrogens with two attached hydrogens (primary N) is 1. The van der Waals surface area contributed by atoms with Gasteiger partial charge in [0.2, 0.25) is 0 Å². The summed E-state index contributed by atoms with van der Waals surface area (Å²) < 4.78 is 0. The minimum Gasteiger partial charge on any atom is -0.375 e. The molecule has 1 aromatic carbocycles. The molecule has 0 amide bonds. The van der Waals surface area contributed by atoms with Crippen LogP contribution in [0.3, 0.4) is 0 Å². The predicted octanol–water partition coefficient (Wildman–Crippen LogP) is 3.35. The molecular weight excluding hydrogens is 278 g/mol. The second-order valence-corrected chi connectivity index (χ2v) is 6.13. The van der Waals surface area contributed by atoms with E-state index in [1.54, 1.807) is 11.3 Å². The number of rotatable bonds is 2. The minimum absolute atomic E-state index is 0. The van der Waals surface area contributed by atoms with Crippen molar-refractivity contribution in [3.63, 3.8) is 0 Å². The first-order valence-electron chi connectivity index (χ1n) is 6.25. The van der Waals surface area contributed by atoms with E-state index in [-0.39, 0.29) is 12.4 Å². The maximum atomic E-state index is 5.69. The van der Waals surface area contributed by atoms with Gasteiger partial charge in [-0.05, 0) is 24.0 Å². The van der Waals surface area contributed by atoms with E-state index in [2.05, 4.69) is 41.1 Å². The number of nitrogens with zero attached hydrogens (tertiary/aromatic N) is 2. The van der Waals surface area contributed by atoms with Crippen molar-refractivity contribution in [3.8, 4) is 0 Å². The fraction of sp³-hybridized carbons (Fsp3) is 0.357. The fourth-order valence-corrected chi connectivity index (χ4v) is 3.34. The average Bonchev–Trinajstić information content (AvgIpc) is 2.74. The number of thiazole rings is 1. The van der Waals surface area contributed by atoms with Gasteiger partial charge in [-0.2, -0.15) is 0 Å². The van der Waals surface area contributed by atoms with Gasteiger partial charge in [-0.3, -0.25) is 0 Å². The Morgan fingerprint density at radius 3 is 2.95 bits per heavy atom. The van der Waals surface area contributed by atoms with Gasteiger partial charge < -0.3 is 10.6 Å². The summed E-state index contributed by atoms with van der Waals surface area (Å²) >= 11 is 1.58. The molecule has 0 bridgehead atoms. The average molecular weight is 296 g/mol. The summed E-state index contributed by atoms with van der Waals surface area (Å²) in [6.45, 7) is 4.33. The van der Waals surface area contributed by atoms with E-state index >= 15 is 0 Å². The molecule has 19 heavy (non-hydrogen) atoms. The Kier molecular flexibility index (Phi) is 4.32. The second-order valence-electron chi connectivity index (χ2n) is 4.98. The highest BCUT2D eigenvalue weighted by Gasteiger charge is 2.21. The first-order valence-corrected chi connectivity index (χ1v) is 7.07. The third kappa shape index (κ3) is 3.01. The summed E-state index contributed by atoms with van der Waals surface area (Å²) in [6.07, 6.45) is 3.07. The standard InChI is InChI=1S/C14H17N3S.ClH/c1-10-6-11-4-2-3-5-13(11)17(8-10)9-12-7-16-14(15)18-12;/h2-5,7,10H,6,8-9H2,1H3,(H2,15,16);1H. The van der Waals surface area contributed by atoms with Gasteiger partial charge in [0.25, 0.3) is 0 Å². The Labute approximate surface area is 123 Å². The molecule has 0 radical (unpaired) electrons. The summed E-state index contributed by atoms with van der Waals surface area (Å²) in [6, 6.07) is 8.69. The molecule has 2 aromatic rings. The van der Waals surface area contributed by atoms with Gasteiger partial charge in [-0.1, -0.05) is 25.1 Å². The van der Waals surface area contributed by atoms with Crippen molar-refractivity contribution < 1.29 is 0 Å². The molecule has 1 aliphatic rings. The Balaban J connectivity index is 0.00000133. The highest BCUT2D eigenvalue weighted by Crippen LogP contribution is 2.31. The molecule has 1 aromatic heterocycles. The lowest BCUT2D eigenvalue weighted by Gasteiger charge is -2.34. The zero-order valence-corrected chi connectivity index (χ0v) is 12.5. The van der Waals surface area contributed by atoms with Crippen LogP contribution < -0.4 is 10.6 Å². The number of hydrogen-bond donors (Lipinski definition) is 1. The molecule has 3 nitrogen and oxygen atoms in total. The minimum atomic E-state index is 0. The molecule has 102 valence electrons. The van der Waals surface area contributed by atoms with Crippen molar-refractivity contribution in [1.29, 1.82) is 0 Å². The lowest BCUT2D eigenvalue weighted by Crippen LogP contribution is -2.33. The Morgan fingerprint density at radius 2 is 2.21 bits per heavy atom. The van der Waals surface area contributed by atoms with Crippen LogP contribution in [-0.2, 0) is 13.0 Å². The molecule has 1 aliphatic heterocycles. The Morgan fingerprint density at radius 1 is 1.42 bits per heavy atom. The summed E-state index contributed by atoms with van der Waals surface area (Å²) in [4.78, 5) is 7.80. The Bertz CT molecular complexity index is 555. The zero-order valence-electron chi connectivity index (χ0n) is 10.9. The number of hydrogen-bond acceptors (Lipinski definition) is 4. The van der Waals surface area contributed by atoms with E-state index in [1.807, 2.05) is 6.20 Å². The van der Waals surface area contributed by atoms with E-state index < -0.39 is 0 Å².